The SMILES string of the molecule is CCOC(=O)CCCOc1ccc(C)c(C)c1. The van der Waals surface area contributed by atoms with Crippen LogP contribution in [0.5, 0.6) is 5.75 Å². The Hall–Kier alpha value is -1.51. The summed E-state index contributed by atoms with van der Waals surface area (Å²) in [5, 5.41) is 0. The summed E-state index contributed by atoms with van der Waals surface area (Å²) in [6, 6.07) is 6.00. The molecule has 3 nitrogen and oxygen atoms in total. The number of carbonyl (C=O) groups excluding carboxylic acids is 1. The van der Waals surface area contributed by atoms with Crippen LogP contribution in [0.3, 0.4) is 0 Å². The van der Waals surface area contributed by atoms with Gasteiger partial charge in [-0.2, -0.15) is 0 Å². The van der Waals surface area contributed by atoms with Gasteiger partial charge in [0.1, 0.15) is 5.75 Å². The van der Waals surface area contributed by atoms with Gasteiger partial charge in [0.25, 0.3) is 0 Å². The lowest BCUT2D eigenvalue weighted by Crippen LogP contribution is -2.06. The highest BCUT2D eigenvalue weighted by Crippen LogP contribution is 2.16. The van der Waals surface area contributed by atoms with Gasteiger partial charge in [0.2, 0.25) is 0 Å². The summed E-state index contributed by atoms with van der Waals surface area (Å²) >= 11 is 0. The van der Waals surface area contributed by atoms with E-state index < -0.39 is 0 Å². The molecule has 0 bridgehead atoms. The van der Waals surface area contributed by atoms with E-state index in [1.807, 2.05) is 25.1 Å². The Morgan fingerprint density at radius 1 is 1.24 bits per heavy atom. The average Bonchev–Trinajstić information content (AvgIpc) is 2.29. The van der Waals surface area contributed by atoms with Crippen LogP contribution in [0.25, 0.3) is 0 Å². The molecule has 94 valence electrons. The van der Waals surface area contributed by atoms with Crippen LogP contribution in [0.4, 0.5) is 0 Å². The van der Waals surface area contributed by atoms with Gasteiger partial charge in [0.15, 0.2) is 0 Å². The van der Waals surface area contributed by atoms with Crippen LogP contribution in [0, 0.1) is 13.8 Å². The monoisotopic (exact) mass is 236 g/mol. The van der Waals surface area contributed by atoms with E-state index in [0.29, 0.717) is 26.1 Å². The van der Waals surface area contributed by atoms with Crippen molar-refractivity contribution < 1.29 is 14.3 Å². The number of ether oxygens (including phenoxy) is 2. The van der Waals surface area contributed by atoms with Gasteiger partial charge in [-0.1, -0.05) is 6.07 Å². The molecule has 0 aromatic heterocycles. The third kappa shape index (κ3) is 4.89. The predicted molar refractivity (Wildman–Crippen MR) is 67.3 cm³/mol. The van der Waals surface area contributed by atoms with Crippen LogP contribution < -0.4 is 4.74 Å². The Kier molecular flexibility index (Phi) is 5.53. The minimum Gasteiger partial charge on any atom is -0.494 e. The lowest BCUT2D eigenvalue weighted by atomic mass is 10.1. The van der Waals surface area contributed by atoms with Crippen molar-refractivity contribution in [3.05, 3.63) is 29.3 Å². The molecule has 0 aliphatic rings. The zero-order valence-corrected chi connectivity index (χ0v) is 10.8. The number of aryl methyl sites for hydroxylation is 2. The number of hydrogen-bond donors (Lipinski definition) is 0. The predicted octanol–water partition coefficient (Wildman–Crippen LogP) is 3.03. The molecule has 0 aliphatic heterocycles. The van der Waals surface area contributed by atoms with Crippen LogP contribution in [0.2, 0.25) is 0 Å². The topological polar surface area (TPSA) is 35.5 Å². The summed E-state index contributed by atoms with van der Waals surface area (Å²) in [6.45, 7) is 6.92. The van der Waals surface area contributed by atoms with Crippen molar-refractivity contribution >= 4 is 5.97 Å². The van der Waals surface area contributed by atoms with Gasteiger partial charge in [0, 0.05) is 6.42 Å². The molecular weight excluding hydrogens is 216 g/mol. The van der Waals surface area contributed by atoms with Gasteiger partial charge in [0.05, 0.1) is 13.2 Å². The highest BCUT2D eigenvalue weighted by Gasteiger charge is 2.02. The molecule has 1 aromatic carbocycles. The van der Waals surface area contributed by atoms with Gasteiger partial charge < -0.3 is 9.47 Å². The summed E-state index contributed by atoms with van der Waals surface area (Å²) in [5.41, 5.74) is 2.47. The van der Waals surface area contributed by atoms with E-state index in [1.54, 1.807) is 0 Å². The molecule has 0 heterocycles. The molecule has 1 rings (SSSR count). The maximum atomic E-state index is 11.1. The minimum atomic E-state index is -0.156. The molecule has 0 radical (unpaired) electrons. The summed E-state index contributed by atoms with van der Waals surface area (Å²) in [4.78, 5) is 11.1. The van der Waals surface area contributed by atoms with Crippen molar-refractivity contribution in [2.45, 2.75) is 33.6 Å². The van der Waals surface area contributed by atoms with Crippen LogP contribution in [0.15, 0.2) is 18.2 Å². The fourth-order valence-electron chi connectivity index (χ4n) is 1.44. The van der Waals surface area contributed by atoms with Crippen molar-refractivity contribution in [3.63, 3.8) is 0 Å². The number of esters is 1. The molecule has 0 atom stereocenters. The smallest absolute Gasteiger partial charge is 0.305 e. The molecule has 0 unspecified atom stereocenters. The van der Waals surface area contributed by atoms with Crippen molar-refractivity contribution in [1.29, 1.82) is 0 Å². The third-order valence-electron chi connectivity index (χ3n) is 2.58. The van der Waals surface area contributed by atoms with Gasteiger partial charge in [-0.3, -0.25) is 4.79 Å². The average molecular weight is 236 g/mol. The molecule has 0 spiro atoms. The highest BCUT2D eigenvalue weighted by molar-refractivity contribution is 5.69. The Morgan fingerprint density at radius 2 is 2.00 bits per heavy atom. The van der Waals surface area contributed by atoms with E-state index in [9.17, 15) is 4.79 Å². The summed E-state index contributed by atoms with van der Waals surface area (Å²) in [6.07, 6.45) is 1.10. The van der Waals surface area contributed by atoms with E-state index in [4.69, 9.17) is 9.47 Å². The molecule has 0 amide bonds. The molecule has 3 heteroatoms. The van der Waals surface area contributed by atoms with Crippen LogP contribution in [-0.2, 0) is 9.53 Å². The number of carbonyl (C=O) groups is 1. The first-order chi connectivity index (χ1) is 8.13. The molecule has 0 saturated carbocycles. The van der Waals surface area contributed by atoms with Crippen LogP contribution in [0.1, 0.15) is 30.9 Å². The molecule has 0 saturated heterocycles. The molecule has 0 N–H and O–H groups in total. The second kappa shape index (κ2) is 6.94. The number of hydrogen-bond acceptors (Lipinski definition) is 3. The Morgan fingerprint density at radius 3 is 2.65 bits per heavy atom. The second-order valence-electron chi connectivity index (χ2n) is 4.00. The normalized spacial score (nSPS) is 10.1. The lowest BCUT2D eigenvalue weighted by Gasteiger charge is -2.08. The Balaban J connectivity index is 2.26. The highest BCUT2D eigenvalue weighted by atomic mass is 16.5. The fraction of sp³-hybridized carbons (Fsp3) is 0.500. The number of benzene rings is 1. The van der Waals surface area contributed by atoms with Crippen molar-refractivity contribution in [2.75, 3.05) is 13.2 Å². The standard InChI is InChI=1S/C14H20O3/c1-4-16-14(15)6-5-9-17-13-8-7-11(2)12(3)10-13/h7-8,10H,4-6,9H2,1-3H3. The minimum absolute atomic E-state index is 0.156. The van der Waals surface area contributed by atoms with Crippen molar-refractivity contribution in [2.24, 2.45) is 0 Å². The maximum absolute atomic E-state index is 11.1. The summed E-state index contributed by atoms with van der Waals surface area (Å²) < 4.78 is 10.4. The quantitative estimate of drug-likeness (QED) is 0.562. The van der Waals surface area contributed by atoms with Crippen molar-refractivity contribution in [3.8, 4) is 5.75 Å². The summed E-state index contributed by atoms with van der Waals surface area (Å²) in [7, 11) is 0. The van der Waals surface area contributed by atoms with Gasteiger partial charge in [-0.05, 0) is 50.5 Å². The molecule has 0 aliphatic carbocycles. The van der Waals surface area contributed by atoms with Gasteiger partial charge >= 0.3 is 5.97 Å². The van der Waals surface area contributed by atoms with E-state index in [0.717, 1.165) is 5.75 Å². The largest absolute Gasteiger partial charge is 0.494 e. The first-order valence-corrected chi connectivity index (χ1v) is 5.99. The first kappa shape index (κ1) is 13.6. The molecule has 1 aromatic rings. The van der Waals surface area contributed by atoms with Gasteiger partial charge in [-0.25, -0.2) is 0 Å². The Labute approximate surface area is 103 Å². The van der Waals surface area contributed by atoms with E-state index in [1.165, 1.54) is 11.1 Å². The second-order valence-corrected chi connectivity index (χ2v) is 4.00. The first-order valence-electron chi connectivity index (χ1n) is 5.99. The number of rotatable bonds is 6. The molecule has 17 heavy (non-hydrogen) atoms. The fourth-order valence-corrected chi connectivity index (χ4v) is 1.44. The van der Waals surface area contributed by atoms with Crippen LogP contribution >= 0.6 is 0 Å². The van der Waals surface area contributed by atoms with Gasteiger partial charge in [-0.15, -0.1) is 0 Å². The zero-order chi connectivity index (χ0) is 12.7. The van der Waals surface area contributed by atoms with E-state index >= 15 is 0 Å². The van der Waals surface area contributed by atoms with E-state index in [-0.39, 0.29) is 5.97 Å². The maximum Gasteiger partial charge on any atom is 0.305 e. The zero-order valence-electron chi connectivity index (χ0n) is 10.8. The molecule has 0 fully saturated rings. The van der Waals surface area contributed by atoms with E-state index in [2.05, 4.69) is 13.8 Å². The molecular formula is C14H20O3. The lowest BCUT2D eigenvalue weighted by molar-refractivity contribution is -0.143. The summed E-state index contributed by atoms with van der Waals surface area (Å²) in [5.74, 6) is 0.702. The third-order valence-corrected chi connectivity index (χ3v) is 2.58. The van der Waals surface area contributed by atoms with Crippen LogP contribution in [-0.4, -0.2) is 19.2 Å². The van der Waals surface area contributed by atoms with Crippen molar-refractivity contribution in [1.82, 2.24) is 0 Å². The Bertz CT molecular complexity index is 372.